The van der Waals surface area contributed by atoms with Crippen molar-refractivity contribution in [2.75, 3.05) is 40.8 Å². The van der Waals surface area contributed by atoms with E-state index in [2.05, 4.69) is 4.98 Å². The molecule has 0 radical (unpaired) electrons. The van der Waals surface area contributed by atoms with Crippen LogP contribution in [0.15, 0.2) is 35.5 Å². The van der Waals surface area contributed by atoms with Gasteiger partial charge in [-0.05, 0) is 26.6 Å². The second kappa shape index (κ2) is 7.49. The van der Waals surface area contributed by atoms with Gasteiger partial charge in [0.1, 0.15) is 0 Å². The summed E-state index contributed by atoms with van der Waals surface area (Å²) in [6.07, 6.45) is 3.00. The Balaban J connectivity index is 1.87. The Kier molecular flexibility index (Phi) is 5.45. The third-order valence-electron chi connectivity index (χ3n) is 4.84. The number of hydrogen-bond acceptors (Lipinski definition) is 5. The first kappa shape index (κ1) is 19.7. The predicted octanol–water partition coefficient (Wildman–Crippen LogP) is 1.16. The Morgan fingerprint density at radius 2 is 2.04 bits per heavy atom. The highest BCUT2D eigenvalue weighted by Gasteiger charge is 2.36. The summed E-state index contributed by atoms with van der Waals surface area (Å²) in [7, 11) is 1.42. The van der Waals surface area contributed by atoms with Gasteiger partial charge in [0.15, 0.2) is 5.82 Å². The van der Waals surface area contributed by atoms with Crippen LogP contribution in [0.5, 0.6) is 0 Å². The molecular weight excluding hydrogens is 371 g/mol. The number of pyridine rings is 1. The van der Waals surface area contributed by atoms with Crippen LogP contribution in [0.25, 0.3) is 10.8 Å². The molecule has 9 heteroatoms. The molecule has 0 unspecified atom stereocenters. The number of amides is 1. The number of hydrogen-bond donors (Lipinski definition) is 0. The zero-order valence-electron chi connectivity index (χ0n) is 15.6. The average Bonchev–Trinajstić information content (AvgIpc) is 3.11. The molecule has 1 atom stereocenters. The topological polar surface area (TPSA) is 73.8 Å². The van der Waals surface area contributed by atoms with E-state index in [9.17, 15) is 17.6 Å². The Morgan fingerprint density at radius 3 is 2.74 bits per heavy atom. The molecule has 7 nitrogen and oxygen atoms in total. The van der Waals surface area contributed by atoms with Crippen LogP contribution in [0.3, 0.4) is 0 Å². The smallest absolute Gasteiger partial charge is 0.243 e. The summed E-state index contributed by atoms with van der Waals surface area (Å²) in [6.45, 7) is 0.748. The molecular formula is C18H23FN4O3S. The first-order valence-corrected chi connectivity index (χ1v) is 10.1. The number of rotatable bonds is 5. The quantitative estimate of drug-likeness (QED) is 0.761. The molecule has 0 spiro atoms. The summed E-state index contributed by atoms with van der Waals surface area (Å²) in [4.78, 5) is 19.3. The molecule has 146 valence electrons. The van der Waals surface area contributed by atoms with Crippen molar-refractivity contribution in [1.82, 2.24) is 19.1 Å². The van der Waals surface area contributed by atoms with Crippen LogP contribution in [-0.2, 0) is 14.8 Å². The molecule has 0 N–H and O–H groups in total. The van der Waals surface area contributed by atoms with Crippen LogP contribution in [0.2, 0.25) is 0 Å². The lowest BCUT2D eigenvalue weighted by molar-refractivity contribution is -0.132. The molecule has 0 bridgehead atoms. The van der Waals surface area contributed by atoms with E-state index >= 15 is 0 Å². The van der Waals surface area contributed by atoms with Crippen LogP contribution in [0, 0.1) is 5.82 Å². The number of fused-ring (bicyclic) bond motifs is 1. The zero-order valence-corrected chi connectivity index (χ0v) is 16.4. The Hall–Kier alpha value is -2.10. The van der Waals surface area contributed by atoms with E-state index < -0.39 is 15.8 Å². The molecule has 2 heterocycles. The van der Waals surface area contributed by atoms with Crippen LogP contribution in [-0.4, -0.2) is 80.2 Å². The van der Waals surface area contributed by atoms with Crippen LogP contribution in [0.1, 0.15) is 6.42 Å². The van der Waals surface area contributed by atoms with Gasteiger partial charge < -0.3 is 9.80 Å². The van der Waals surface area contributed by atoms with Crippen molar-refractivity contribution in [2.24, 2.45) is 0 Å². The Bertz CT molecular complexity index is 959. The van der Waals surface area contributed by atoms with E-state index in [1.807, 2.05) is 0 Å². The number of carbonyl (C=O) groups is 1. The number of sulfonamides is 1. The van der Waals surface area contributed by atoms with Crippen molar-refractivity contribution in [3.05, 3.63) is 36.4 Å². The first-order valence-electron chi connectivity index (χ1n) is 8.64. The molecule has 1 amide bonds. The zero-order chi connectivity index (χ0) is 19.8. The second-order valence-corrected chi connectivity index (χ2v) is 8.93. The van der Waals surface area contributed by atoms with Gasteiger partial charge in [0.25, 0.3) is 0 Å². The molecule has 1 aliphatic heterocycles. The maximum atomic E-state index is 14.3. The summed E-state index contributed by atoms with van der Waals surface area (Å²) in [5.41, 5.74) is 0. The molecule has 2 aromatic rings. The first-order chi connectivity index (χ1) is 12.7. The third-order valence-corrected chi connectivity index (χ3v) is 6.74. The number of likely N-dealkylation sites (N-methyl/N-ethyl adjacent to an activating group) is 2. The van der Waals surface area contributed by atoms with Gasteiger partial charge in [-0.25, -0.2) is 12.8 Å². The van der Waals surface area contributed by atoms with Crippen molar-refractivity contribution in [2.45, 2.75) is 17.4 Å². The molecule has 1 fully saturated rings. The Labute approximate surface area is 158 Å². The lowest BCUT2D eigenvalue weighted by Gasteiger charge is -2.26. The minimum Gasteiger partial charge on any atom is -0.340 e. The van der Waals surface area contributed by atoms with Gasteiger partial charge in [-0.3, -0.25) is 9.78 Å². The normalized spacial score (nSPS) is 18.3. The SMILES string of the molecule is CN(C)CC(=O)N(C)[C@@H]1CCN(S(=O)(=O)c2cccc3cncc(F)c23)C1. The van der Waals surface area contributed by atoms with Crippen LogP contribution in [0.4, 0.5) is 4.39 Å². The lowest BCUT2D eigenvalue weighted by Crippen LogP contribution is -2.43. The molecule has 3 rings (SSSR count). The molecule has 27 heavy (non-hydrogen) atoms. The highest BCUT2D eigenvalue weighted by atomic mass is 32.2. The van der Waals surface area contributed by atoms with E-state index in [0.29, 0.717) is 11.8 Å². The van der Waals surface area contributed by atoms with Gasteiger partial charge in [-0.15, -0.1) is 0 Å². The minimum absolute atomic E-state index is 0.0491. The number of nitrogens with zero attached hydrogens (tertiary/aromatic N) is 4. The van der Waals surface area contributed by atoms with Gasteiger partial charge in [-0.1, -0.05) is 12.1 Å². The van der Waals surface area contributed by atoms with Crippen molar-refractivity contribution >= 4 is 26.7 Å². The van der Waals surface area contributed by atoms with Gasteiger partial charge in [0.05, 0.1) is 17.6 Å². The van der Waals surface area contributed by atoms with Crippen LogP contribution < -0.4 is 0 Å². The van der Waals surface area contributed by atoms with Gasteiger partial charge in [0, 0.05) is 43.1 Å². The maximum absolute atomic E-state index is 14.3. The van der Waals surface area contributed by atoms with E-state index in [1.165, 1.54) is 16.6 Å². The van der Waals surface area contributed by atoms with E-state index in [1.54, 1.807) is 43.1 Å². The van der Waals surface area contributed by atoms with E-state index in [-0.39, 0.29) is 41.9 Å². The molecule has 0 aliphatic carbocycles. The summed E-state index contributed by atoms with van der Waals surface area (Å²) in [5.74, 6) is -0.729. The molecule has 1 aliphatic rings. The summed E-state index contributed by atoms with van der Waals surface area (Å²) >= 11 is 0. The van der Waals surface area contributed by atoms with Crippen molar-refractivity contribution in [3.63, 3.8) is 0 Å². The standard InChI is InChI=1S/C18H23FN4O3S/c1-21(2)12-17(24)22(3)14-7-8-23(11-14)27(25,26)16-6-4-5-13-9-20-10-15(19)18(13)16/h4-6,9-10,14H,7-8,11-12H2,1-3H3/t14-/m1/s1. The molecule has 1 saturated heterocycles. The average molecular weight is 394 g/mol. The van der Waals surface area contributed by atoms with Gasteiger partial charge in [-0.2, -0.15) is 4.31 Å². The van der Waals surface area contributed by atoms with Gasteiger partial charge in [0.2, 0.25) is 15.9 Å². The van der Waals surface area contributed by atoms with Crippen LogP contribution >= 0.6 is 0 Å². The summed E-state index contributed by atoms with van der Waals surface area (Å²) < 4.78 is 41.9. The summed E-state index contributed by atoms with van der Waals surface area (Å²) in [5, 5.41) is 0.484. The molecule has 1 aromatic carbocycles. The van der Waals surface area contributed by atoms with Crippen molar-refractivity contribution in [3.8, 4) is 0 Å². The Morgan fingerprint density at radius 1 is 1.30 bits per heavy atom. The van der Waals surface area contributed by atoms with E-state index in [4.69, 9.17) is 0 Å². The molecule has 0 saturated carbocycles. The predicted molar refractivity (Wildman–Crippen MR) is 100 cm³/mol. The number of carbonyl (C=O) groups excluding carboxylic acids is 1. The second-order valence-electron chi connectivity index (χ2n) is 7.02. The van der Waals surface area contributed by atoms with Gasteiger partial charge >= 0.3 is 0 Å². The monoisotopic (exact) mass is 394 g/mol. The highest BCUT2D eigenvalue weighted by Crippen LogP contribution is 2.30. The fraction of sp³-hybridized carbons (Fsp3) is 0.444. The lowest BCUT2D eigenvalue weighted by atomic mass is 10.2. The highest BCUT2D eigenvalue weighted by molar-refractivity contribution is 7.89. The summed E-state index contributed by atoms with van der Waals surface area (Å²) in [6, 6.07) is 4.42. The largest absolute Gasteiger partial charge is 0.340 e. The third kappa shape index (κ3) is 3.80. The van der Waals surface area contributed by atoms with E-state index in [0.717, 1.165) is 6.20 Å². The fourth-order valence-electron chi connectivity index (χ4n) is 3.34. The minimum atomic E-state index is -3.89. The van der Waals surface area contributed by atoms with Crippen molar-refractivity contribution < 1.29 is 17.6 Å². The van der Waals surface area contributed by atoms with Crippen molar-refractivity contribution in [1.29, 1.82) is 0 Å². The maximum Gasteiger partial charge on any atom is 0.243 e. The number of halogens is 1. The number of aromatic nitrogens is 1. The number of benzene rings is 1. The molecule has 1 aromatic heterocycles. The fourth-order valence-corrected chi connectivity index (χ4v) is 5.06.